The van der Waals surface area contributed by atoms with Crippen molar-refractivity contribution in [1.29, 1.82) is 0 Å². The minimum atomic E-state index is -0.823. The van der Waals surface area contributed by atoms with E-state index in [2.05, 4.69) is 4.98 Å². The molecule has 2 aliphatic heterocycles. The third kappa shape index (κ3) is 3.94. The summed E-state index contributed by atoms with van der Waals surface area (Å²) < 4.78 is 12.2. The third-order valence-corrected chi connectivity index (χ3v) is 7.61. The number of carbonyl (C=O) groups excluding carboxylic acids is 2. The van der Waals surface area contributed by atoms with Crippen molar-refractivity contribution in [3.05, 3.63) is 89.0 Å². The third-order valence-electron chi connectivity index (χ3n) is 6.59. The van der Waals surface area contributed by atoms with Crippen molar-refractivity contribution in [3.8, 4) is 11.5 Å². The van der Waals surface area contributed by atoms with Crippen LogP contribution in [0.1, 0.15) is 36.6 Å². The summed E-state index contributed by atoms with van der Waals surface area (Å²) in [5.41, 5.74) is 2.87. The van der Waals surface area contributed by atoms with Crippen LogP contribution >= 0.6 is 11.3 Å². The molecule has 0 aliphatic carbocycles. The number of ether oxygens (including phenoxy) is 2. The van der Waals surface area contributed by atoms with E-state index < -0.39 is 17.7 Å². The van der Waals surface area contributed by atoms with Crippen molar-refractivity contribution in [2.75, 3.05) is 11.5 Å². The molecule has 6 rings (SSSR count). The van der Waals surface area contributed by atoms with Gasteiger partial charge in [0, 0.05) is 12.0 Å². The number of aliphatic hydroxyl groups excluding tert-OH is 1. The predicted octanol–water partition coefficient (Wildman–Crippen LogP) is 5.64. The lowest BCUT2D eigenvalue weighted by atomic mass is 9.94. The van der Waals surface area contributed by atoms with Crippen LogP contribution in [-0.2, 0) is 16.0 Å². The van der Waals surface area contributed by atoms with Crippen molar-refractivity contribution in [3.63, 3.8) is 0 Å². The van der Waals surface area contributed by atoms with Crippen LogP contribution in [-0.4, -0.2) is 34.5 Å². The molecule has 2 unspecified atom stereocenters. The molecule has 8 heteroatoms. The second-order valence-corrected chi connectivity index (χ2v) is 10.1. The number of ketones is 1. The SMILES string of the molecule is CCOc1ccc2nc(N3C(=O)C(=O)/C(=C(\O)c4ccc5c(c4)CC(C)O5)C3c3ccccc3)sc2c1. The van der Waals surface area contributed by atoms with E-state index in [1.165, 1.54) is 16.2 Å². The lowest BCUT2D eigenvalue weighted by Crippen LogP contribution is -2.29. The van der Waals surface area contributed by atoms with E-state index in [1.54, 1.807) is 12.1 Å². The predicted molar refractivity (Wildman–Crippen MR) is 142 cm³/mol. The maximum atomic E-state index is 13.5. The maximum Gasteiger partial charge on any atom is 0.301 e. The summed E-state index contributed by atoms with van der Waals surface area (Å²) in [6, 6.07) is 19.3. The molecule has 0 spiro atoms. The lowest BCUT2D eigenvalue weighted by molar-refractivity contribution is -0.132. The van der Waals surface area contributed by atoms with Crippen LogP contribution in [0, 0.1) is 0 Å². The van der Waals surface area contributed by atoms with E-state index in [-0.39, 0.29) is 17.4 Å². The van der Waals surface area contributed by atoms with Gasteiger partial charge in [-0.2, -0.15) is 0 Å². The monoisotopic (exact) mass is 512 g/mol. The smallest absolute Gasteiger partial charge is 0.301 e. The number of aliphatic hydroxyl groups is 1. The van der Waals surface area contributed by atoms with Gasteiger partial charge in [0.25, 0.3) is 5.78 Å². The fourth-order valence-corrected chi connectivity index (χ4v) is 5.98. The van der Waals surface area contributed by atoms with Crippen molar-refractivity contribution >= 4 is 44.1 Å². The molecule has 2 atom stereocenters. The zero-order valence-corrected chi connectivity index (χ0v) is 21.1. The molecule has 0 bridgehead atoms. The summed E-state index contributed by atoms with van der Waals surface area (Å²) in [5, 5.41) is 11.8. The molecule has 37 heavy (non-hydrogen) atoms. The molecule has 7 nitrogen and oxygen atoms in total. The van der Waals surface area contributed by atoms with E-state index in [9.17, 15) is 14.7 Å². The molecule has 186 valence electrons. The van der Waals surface area contributed by atoms with Crippen LogP contribution in [0.3, 0.4) is 0 Å². The fraction of sp³-hybridized carbons (Fsp3) is 0.207. The summed E-state index contributed by atoms with van der Waals surface area (Å²) in [6.07, 6.45) is 0.757. The molecule has 0 radical (unpaired) electrons. The quantitative estimate of drug-likeness (QED) is 0.211. The van der Waals surface area contributed by atoms with Gasteiger partial charge in [-0.1, -0.05) is 41.7 Å². The average Bonchev–Trinajstić information content (AvgIpc) is 3.56. The lowest BCUT2D eigenvalue weighted by Gasteiger charge is -2.23. The minimum Gasteiger partial charge on any atom is -0.507 e. The minimum absolute atomic E-state index is 0.0392. The average molecular weight is 513 g/mol. The number of hydrogen-bond acceptors (Lipinski definition) is 7. The zero-order valence-electron chi connectivity index (χ0n) is 20.3. The molecule has 4 aromatic rings. The molecule has 1 amide bonds. The Kier molecular flexibility index (Phi) is 5.68. The summed E-state index contributed by atoms with van der Waals surface area (Å²) in [4.78, 5) is 33.0. The fourth-order valence-electron chi connectivity index (χ4n) is 4.96. The van der Waals surface area contributed by atoms with E-state index in [4.69, 9.17) is 9.47 Å². The summed E-state index contributed by atoms with van der Waals surface area (Å²) >= 11 is 1.31. The Morgan fingerprint density at radius 3 is 2.73 bits per heavy atom. The van der Waals surface area contributed by atoms with Gasteiger partial charge < -0.3 is 14.6 Å². The molecule has 1 N–H and O–H groups in total. The first-order valence-electron chi connectivity index (χ1n) is 12.1. The molecule has 2 aliphatic rings. The van der Waals surface area contributed by atoms with Gasteiger partial charge in [0.2, 0.25) is 0 Å². The number of fused-ring (bicyclic) bond motifs is 2. The zero-order chi connectivity index (χ0) is 25.7. The van der Waals surface area contributed by atoms with Crippen LogP contribution in [0.5, 0.6) is 11.5 Å². The van der Waals surface area contributed by atoms with Crippen molar-refractivity contribution in [1.82, 2.24) is 4.98 Å². The number of nitrogens with zero attached hydrogens (tertiary/aromatic N) is 2. The number of amides is 1. The highest BCUT2D eigenvalue weighted by atomic mass is 32.1. The van der Waals surface area contributed by atoms with E-state index in [0.717, 1.165) is 16.0 Å². The molecule has 0 saturated carbocycles. The van der Waals surface area contributed by atoms with Gasteiger partial charge in [0.05, 0.1) is 28.4 Å². The van der Waals surface area contributed by atoms with E-state index in [0.29, 0.717) is 40.6 Å². The van der Waals surface area contributed by atoms with Crippen LogP contribution in [0.2, 0.25) is 0 Å². The number of benzene rings is 3. The normalized spacial score (nSPS) is 20.3. The van der Waals surface area contributed by atoms with Gasteiger partial charge >= 0.3 is 5.91 Å². The van der Waals surface area contributed by atoms with Gasteiger partial charge in [0.1, 0.15) is 23.4 Å². The number of hydrogen-bond donors (Lipinski definition) is 1. The van der Waals surface area contributed by atoms with Crippen LogP contribution in [0.4, 0.5) is 5.13 Å². The van der Waals surface area contributed by atoms with Crippen LogP contribution in [0.15, 0.2) is 72.3 Å². The highest BCUT2D eigenvalue weighted by Gasteiger charge is 2.48. The van der Waals surface area contributed by atoms with Crippen molar-refractivity contribution < 1.29 is 24.2 Å². The van der Waals surface area contributed by atoms with Gasteiger partial charge in [-0.25, -0.2) is 4.98 Å². The Hall–Kier alpha value is -4.17. The molecule has 1 aromatic heterocycles. The maximum absolute atomic E-state index is 13.5. The van der Waals surface area contributed by atoms with E-state index in [1.807, 2.05) is 68.4 Å². The highest BCUT2D eigenvalue weighted by Crippen LogP contribution is 2.45. The molecular formula is C29H24N2O5S. The summed E-state index contributed by atoms with van der Waals surface area (Å²) in [5.74, 6) is -0.202. The molecular weight excluding hydrogens is 488 g/mol. The Balaban J connectivity index is 1.50. The number of thiazole rings is 1. The van der Waals surface area contributed by atoms with Gasteiger partial charge in [-0.15, -0.1) is 0 Å². The first kappa shape index (κ1) is 23.2. The number of Topliss-reactive ketones (excluding diaryl/α,β-unsaturated/α-hetero) is 1. The first-order valence-corrected chi connectivity index (χ1v) is 13.0. The van der Waals surface area contributed by atoms with Crippen molar-refractivity contribution in [2.24, 2.45) is 0 Å². The number of anilines is 1. The molecule has 3 heterocycles. The standard InChI is InChI=1S/C29H24N2O5S/c1-3-35-20-10-11-21-23(15-20)37-29(30-21)31-25(17-7-5-4-6-8-17)24(27(33)28(31)34)26(32)18-9-12-22-19(14-18)13-16(2)36-22/h4-12,14-16,25,32H,3,13H2,1-2H3/b26-24-. The van der Waals surface area contributed by atoms with Gasteiger partial charge in [-0.3, -0.25) is 14.5 Å². The Morgan fingerprint density at radius 2 is 1.95 bits per heavy atom. The summed E-state index contributed by atoms with van der Waals surface area (Å²) in [7, 11) is 0. The number of rotatable bonds is 5. The van der Waals surface area contributed by atoms with E-state index >= 15 is 0 Å². The van der Waals surface area contributed by atoms with Gasteiger partial charge in [0.15, 0.2) is 5.13 Å². The Morgan fingerprint density at radius 1 is 1.14 bits per heavy atom. The second kappa shape index (κ2) is 9.05. The molecule has 3 aromatic carbocycles. The molecule has 1 fully saturated rings. The van der Waals surface area contributed by atoms with Gasteiger partial charge in [-0.05, 0) is 61.4 Å². The molecule has 1 saturated heterocycles. The van der Waals surface area contributed by atoms with Crippen LogP contribution < -0.4 is 14.4 Å². The Labute approximate surface area is 217 Å². The number of aromatic nitrogens is 1. The van der Waals surface area contributed by atoms with Crippen LogP contribution in [0.25, 0.3) is 16.0 Å². The van der Waals surface area contributed by atoms with Crippen molar-refractivity contribution in [2.45, 2.75) is 32.4 Å². The number of carbonyl (C=O) groups is 2. The topological polar surface area (TPSA) is 89.0 Å². The summed E-state index contributed by atoms with van der Waals surface area (Å²) in [6.45, 7) is 4.43. The second-order valence-electron chi connectivity index (χ2n) is 9.09. The largest absolute Gasteiger partial charge is 0.507 e. The Bertz CT molecular complexity index is 1580. The highest BCUT2D eigenvalue weighted by molar-refractivity contribution is 7.22. The first-order chi connectivity index (χ1) is 17.9.